The average Bonchev–Trinajstić information content (AvgIpc) is 2.70. The summed E-state index contributed by atoms with van der Waals surface area (Å²) in [6, 6.07) is 0. The second kappa shape index (κ2) is 6.42. The van der Waals surface area contributed by atoms with Gasteiger partial charge >= 0.3 is 5.97 Å². The van der Waals surface area contributed by atoms with Gasteiger partial charge in [-0.15, -0.1) is 10.2 Å². The van der Waals surface area contributed by atoms with Crippen LogP contribution in [0.2, 0.25) is 0 Å². The van der Waals surface area contributed by atoms with Crippen molar-refractivity contribution in [3.05, 3.63) is 5.51 Å². The highest BCUT2D eigenvalue weighted by molar-refractivity contribution is 7.13. The van der Waals surface area contributed by atoms with E-state index in [0.29, 0.717) is 12.5 Å². The molecular formula is C10H17N3O2S. The molecule has 0 bridgehead atoms. The Hall–Kier alpha value is -1.17. The first kappa shape index (κ1) is 12.9. The van der Waals surface area contributed by atoms with E-state index in [0.717, 1.165) is 18.1 Å². The van der Waals surface area contributed by atoms with Crippen LogP contribution in [-0.4, -0.2) is 34.4 Å². The molecule has 0 spiro atoms. The normalized spacial score (nSPS) is 10.7. The molecule has 0 unspecified atom stereocenters. The van der Waals surface area contributed by atoms with Crippen LogP contribution in [0.3, 0.4) is 0 Å². The van der Waals surface area contributed by atoms with Crippen molar-refractivity contribution in [2.24, 2.45) is 5.92 Å². The molecule has 0 fully saturated rings. The number of carboxylic acids is 1. The Morgan fingerprint density at radius 2 is 2.31 bits per heavy atom. The van der Waals surface area contributed by atoms with Crippen molar-refractivity contribution in [2.45, 2.75) is 26.7 Å². The van der Waals surface area contributed by atoms with E-state index < -0.39 is 5.97 Å². The molecule has 0 amide bonds. The van der Waals surface area contributed by atoms with E-state index in [1.165, 1.54) is 11.3 Å². The van der Waals surface area contributed by atoms with Gasteiger partial charge in [0.2, 0.25) is 5.13 Å². The summed E-state index contributed by atoms with van der Waals surface area (Å²) in [5, 5.41) is 17.2. The van der Waals surface area contributed by atoms with E-state index in [2.05, 4.69) is 24.0 Å². The Kier molecular flexibility index (Phi) is 5.18. The van der Waals surface area contributed by atoms with E-state index in [9.17, 15) is 4.79 Å². The third-order valence-electron chi connectivity index (χ3n) is 2.19. The minimum absolute atomic E-state index is 0.137. The van der Waals surface area contributed by atoms with Gasteiger partial charge in [0.1, 0.15) is 5.51 Å². The summed E-state index contributed by atoms with van der Waals surface area (Å²) in [6.45, 7) is 5.63. The van der Waals surface area contributed by atoms with Crippen LogP contribution in [0.5, 0.6) is 0 Å². The van der Waals surface area contributed by atoms with Crippen molar-refractivity contribution in [3.63, 3.8) is 0 Å². The maximum absolute atomic E-state index is 10.6. The number of hydrogen-bond acceptors (Lipinski definition) is 5. The number of aliphatic carboxylic acids is 1. The predicted molar refractivity (Wildman–Crippen MR) is 63.8 cm³/mol. The van der Waals surface area contributed by atoms with Gasteiger partial charge < -0.3 is 10.0 Å². The fraction of sp³-hybridized carbons (Fsp3) is 0.700. The quantitative estimate of drug-likeness (QED) is 0.791. The van der Waals surface area contributed by atoms with Gasteiger partial charge in [-0.3, -0.25) is 4.79 Å². The third-order valence-corrected chi connectivity index (χ3v) is 2.94. The monoisotopic (exact) mass is 243 g/mol. The molecule has 0 aliphatic carbocycles. The first-order chi connectivity index (χ1) is 7.59. The molecule has 0 atom stereocenters. The Morgan fingerprint density at radius 1 is 1.56 bits per heavy atom. The van der Waals surface area contributed by atoms with Crippen molar-refractivity contribution in [1.29, 1.82) is 0 Å². The zero-order valence-corrected chi connectivity index (χ0v) is 10.4. The molecule has 1 aromatic heterocycles. The van der Waals surface area contributed by atoms with E-state index in [1.54, 1.807) is 5.51 Å². The molecule has 1 N–H and O–H groups in total. The zero-order chi connectivity index (χ0) is 12.0. The number of aromatic nitrogens is 2. The SMILES string of the molecule is CC(C)CCN(CCC(=O)O)c1nncs1. The second-order valence-corrected chi connectivity index (χ2v) is 4.85. The van der Waals surface area contributed by atoms with Crippen molar-refractivity contribution < 1.29 is 9.90 Å². The lowest BCUT2D eigenvalue weighted by atomic mass is 10.1. The Balaban J connectivity index is 2.51. The minimum atomic E-state index is -0.779. The van der Waals surface area contributed by atoms with Crippen molar-refractivity contribution in [3.8, 4) is 0 Å². The fourth-order valence-electron chi connectivity index (χ4n) is 1.25. The molecule has 1 heterocycles. The summed E-state index contributed by atoms with van der Waals surface area (Å²) in [5.74, 6) is -0.181. The molecule has 0 aliphatic rings. The molecule has 1 aromatic rings. The van der Waals surface area contributed by atoms with Crippen LogP contribution in [0.4, 0.5) is 5.13 Å². The van der Waals surface area contributed by atoms with Crippen LogP contribution in [0.15, 0.2) is 5.51 Å². The fourth-order valence-corrected chi connectivity index (χ4v) is 1.87. The maximum Gasteiger partial charge on any atom is 0.305 e. The highest BCUT2D eigenvalue weighted by Crippen LogP contribution is 2.17. The molecule has 6 heteroatoms. The zero-order valence-electron chi connectivity index (χ0n) is 9.59. The number of carbonyl (C=O) groups is 1. The molecule has 0 saturated heterocycles. The number of carboxylic acid groups (broad SMARTS) is 1. The molecule has 1 rings (SSSR count). The van der Waals surface area contributed by atoms with Gasteiger partial charge in [0, 0.05) is 13.1 Å². The lowest BCUT2D eigenvalue weighted by molar-refractivity contribution is -0.136. The van der Waals surface area contributed by atoms with E-state index in [4.69, 9.17) is 5.11 Å². The molecule has 0 radical (unpaired) electrons. The smallest absolute Gasteiger partial charge is 0.305 e. The molecule has 0 aliphatic heterocycles. The highest BCUT2D eigenvalue weighted by Gasteiger charge is 2.11. The van der Waals surface area contributed by atoms with Gasteiger partial charge in [0.05, 0.1) is 6.42 Å². The van der Waals surface area contributed by atoms with E-state index >= 15 is 0 Å². The molecular weight excluding hydrogens is 226 g/mol. The maximum atomic E-state index is 10.6. The van der Waals surface area contributed by atoms with Crippen LogP contribution in [0, 0.1) is 5.92 Å². The number of anilines is 1. The summed E-state index contributed by atoms with van der Waals surface area (Å²) in [4.78, 5) is 12.5. The third kappa shape index (κ3) is 4.57. The Bertz CT molecular complexity index is 314. The molecule has 0 aromatic carbocycles. The van der Waals surface area contributed by atoms with Gasteiger partial charge in [0.25, 0.3) is 0 Å². The summed E-state index contributed by atoms with van der Waals surface area (Å²) in [6.07, 6.45) is 1.16. The van der Waals surface area contributed by atoms with Crippen LogP contribution in [0.1, 0.15) is 26.7 Å². The van der Waals surface area contributed by atoms with Gasteiger partial charge in [-0.05, 0) is 12.3 Å². The van der Waals surface area contributed by atoms with Crippen LogP contribution < -0.4 is 4.90 Å². The van der Waals surface area contributed by atoms with Crippen LogP contribution in [0.25, 0.3) is 0 Å². The molecule has 90 valence electrons. The van der Waals surface area contributed by atoms with Gasteiger partial charge in [-0.25, -0.2) is 0 Å². The van der Waals surface area contributed by atoms with Crippen LogP contribution in [-0.2, 0) is 4.79 Å². The van der Waals surface area contributed by atoms with Crippen LogP contribution >= 0.6 is 11.3 Å². The van der Waals surface area contributed by atoms with Gasteiger partial charge in [-0.1, -0.05) is 25.2 Å². The summed E-state index contributed by atoms with van der Waals surface area (Å²) < 4.78 is 0. The number of rotatable bonds is 7. The number of hydrogen-bond donors (Lipinski definition) is 1. The topological polar surface area (TPSA) is 66.3 Å². The average molecular weight is 243 g/mol. The standard InChI is InChI=1S/C10H17N3O2S/c1-8(2)3-5-13(6-4-9(14)15)10-12-11-7-16-10/h7-8H,3-6H2,1-2H3,(H,14,15). The summed E-state index contributed by atoms with van der Waals surface area (Å²) in [5.41, 5.74) is 1.67. The molecule has 16 heavy (non-hydrogen) atoms. The summed E-state index contributed by atoms with van der Waals surface area (Å²) >= 11 is 1.45. The van der Waals surface area contributed by atoms with Gasteiger partial charge in [-0.2, -0.15) is 0 Å². The lowest BCUT2D eigenvalue weighted by Gasteiger charge is -2.21. The molecule has 5 nitrogen and oxygen atoms in total. The largest absolute Gasteiger partial charge is 0.481 e. The van der Waals surface area contributed by atoms with E-state index in [-0.39, 0.29) is 6.42 Å². The van der Waals surface area contributed by atoms with Gasteiger partial charge in [0.15, 0.2) is 0 Å². The first-order valence-electron chi connectivity index (χ1n) is 5.32. The predicted octanol–water partition coefficient (Wildman–Crippen LogP) is 1.87. The minimum Gasteiger partial charge on any atom is -0.481 e. The van der Waals surface area contributed by atoms with Crippen molar-refractivity contribution in [1.82, 2.24) is 10.2 Å². The second-order valence-electron chi connectivity index (χ2n) is 4.03. The Labute approximate surface area is 99.1 Å². The number of nitrogens with zero attached hydrogens (tertiary/aromatic N) is 3. The van der Waals surface area contributed by atoms with E-state index in [1.807, 2.05) is 4.90 Å². The Morgan fingerprint density at radius 3 is 2.81 bits per heavy atom. The first-order valence-corrected chi connectivity index (χ1v) is 6.20. The lowest BCUT2D eigenvalue weighted by Crippen LogP contribution is -2.28. The van der Waals surface area contributed by atoms with Crippen molar-refractivity contribution in [2.75, 3.05) is 18.0 Å². The summed E-state index contributed by atoms with van der Waals surface area (Å²) in [7, 11) is 0. The molecule has 0 saturated carbocycles. The van der Waals surface area contributed by atoms with Crippen molar-refractivity contribution >= 4 is 22.4 Å². The highest BCUT2D eigenvalue weighted by atomic mass is 32.1.